The second-order valence-corrected chi connectivity index (χ2v) is 8.19. The van der Waals surface area contributed by atoms with Crippen molar-refractivity contribution in [3.05, 3.63) is 60.4 Å². The van der Waals surface area contributed by atoms with Gasteiger partial charge in [0.1, 0.15) is 0 Å². The Morgan fingerprint density at radius 1 is 1.10 bits per heavy atom. The van der Waals surface area contributed by atoms with E-state index < -0.39 is 0 Å². The molecule has 0 aliphatic heterocycles. The van der Waals surface area contributed by atoms with Crippen molar-refractivity contribution in [3.63, 3.8) is 0 Å². The Kier molecular flexibility index (Phi) is 6.70. The molecule has 1 saturated carbocycles. The van der Waals surface area contributed by atoms with Crippen molar-refractivity contribution in [1.29, 1.82) is 0 Å². The van der Waals surface area contributed by atoms with E-state index >= 15 is 0 Å². The molecule has 1 fully saturated rings. The summed E-state index contributed by atoms with van der Waals surface area (Å²) in [4.78, 5) is 24.3. The number of nitrogens with one attached hydrogen (secondary N) is 1. The second-order valence-electron chi connectivity index (χ2n) is 8.19. The maximum Gasteiger partial charge on any atom is 0.252 e. The molecule has 0 spiro atoms. The first kappa shape index (κ1) is 20.5. The Hall–Kier alpha value is -2.79. The Balaban J connectivity index is 1.43. The van der Waals surface area contributed by atoms with Crippen LogP contribution in [0.1, 0.15) is 48.9 Å². The lowest BCUT2D eigenvalue weighted by atomic mass is 9.94. The van der Waals surface area contributed by atoms with E-state index in [0.29, 0.717) is 18.2 Å². The van der Waals surface area contributed by atoms with E-state index in [4.69, 9.17) is 4.98 Å². The van der Waals surface area contributed by atoms with Crippen LogP contribution in [0.3, 0.4) is 0 Å². The number of carbonyl (C=O) groups excluding carboxylic acids is 1. The van der Waals surface area contributed by atoms with Crippen LogP contribution < -0.4 is 5.32 Å². The highest BCUT2D eigenvalue weighted by molar-refractivity contribution is 6.07. The lowest BCUT2D eigenvalue weighted by Crippen LogP contribution is -2.35. The molecule has 0 radical (unpaired) electrons. The molecule has 1 aromatic carbocycles. The molecule has 5 nitrogen and oxygen atoms in total. The predicted octanol–water partition coefficient (Wildman–Crippen LogP) is 4.68. The summed E-state index contributed by atoms with van der Waals surface area (Å²) in [6, 6.07) is 14.3. The molecule has 0 bridgehead atoms. The molecule has 3 aromatic rings. The Bertz CT molecular complexity index is 983. The lowest BCUT2D eigenvalue weighted by molar-refractivity contribution is 0.0952. The van der Waals surface area contributed by atoms with Crippen molar-refractivity contribution in [3.8, 4) is 11.3 Å². The Morgan fingerprint density at radius 2 is 1.87 bits per heavy atom. The number of aromatic nitrogens is 2. The zero-order valence-electron chi connectivity index (χ0n) is 17.7. The minimum atomic E-state index is -0.0378. The van der Waals surface area contributed by atoms with Gasteiger partial charge in [-0.1, -0.05) is 37.5 Å². The molecule has 1 aliphatic carbocycles. The fraction of sp³-hybridized carbons (Fsp3) is 0.400. The average Bonchev–Trinajstić information content (AvgIpc) is 2.82. The number of rotatable bonds is 7. The van der Waals surface area contributed by atoms with Crippen LogP contribution in [0.15, 0.2) is 54.9 Å². The predicted molar refractivity (Wildman–Crippen MR) is 121 cm³/mol. The number of nitrogens with zero attached hydrogens (tertiary/aromatic N) is 3. The summed E-state index contributed by atoms with van der Waals surface area (Å²) in [5, 5.41) is 4.00. The van der Waals surface area contributed by atoms with E-state index in [2.05, 4.69) is 22.2 Å². The molecule has 2 aromatic heterocycles. The van der Waals surface area contributed by atoms with Crippen LogP contribution >= 0.6 is 0 Å². The molecule has 0 atom stereocenters. The minimum Gasteiger partial charge on any atom is -0.352 e. The van der Waals surface area contributed by atoms with Crippen molar-refractivity contribution >= 4 is 16.8 Å². The number of hydrogen-bond donors (Lipinski definition) is 1. The van der Waals surface area contributed by atoms with Crippen molar-refractivity contribution in [2.24, 2.45) is 0 Å². The van der Waals surface area contributed by atoms with Crippen LogP contribution in [0.4, 0.5) is 0 Å². The molecule has 5 heteroatoms. The molecular formula is C25H30N4O. The summed E-state index contributed by atoms with van der Waals surface area (Å²) >= 11 is 0. The van der Waals surface area contributed by atoms with Crippen molar-refractivity contribution < 1.29 is 4.79 Å². The van der Waals surface area contributed by atoms with Gasteiger partial charge >= 0.3 is 0 Å². The summed E-state index contributed by atoms with van der Waals surface area (Å²) in [5.74, 6) is -0.0378. The van der Waals surface area contributed by atoms with Crippen LogP contribution in [0, 0.1) is 0 Å². The van der Waals surface area contributed by atoms with E-state index in [1.807, 2.05) is 42.5 Å². The zero-order chi connectivity index (χ0) is 20.8. The highest BCUT2D eigenvalue weighted by atomic mass is 16.1. The molecule has 1 N–H and O–H groups in total. The Labute approximate surface area is 178 Å². The Morgan fingerprint density at radius 3 is 2.67 bits per heavy atom. The molecule has 0 saturated heterocycles. The monoisotopic (exact) mass is 402 g/mol. The number of fused-ring (bicyclic) bond motifs is 1. The van der Waals surface area contributed by atoms with E-state index in [0.717, 1.165) is 35.1 Å². The minimum absolute atomic E-state index is 0.0378. The van der Waals surface area contributed by atoms with E-state index in [-0.39, 0.29) is 5.91 Å². The largest absolute Gasteiger partial charge is 0.352 e. The van der Waals surface area contributed by atoms with Gasteiger partial charge in [-0.2, -0.15) is 0 Å². The SMILES string of the molecule is CN(CCCNC(=O)c1cc(-c2ccncc2)nc2ccccc12)C1CCCCC1. The molecule has 4 rings (SSSR count). The highest BCUT2D eigenvalue weighted by Crippen LogP contribution is 2.25. The lowest BCUT2D eigenvalue weighted by Gasteiger charge is -2.31. The number of pyridine rings is 2. The molecular weight excluding hydrogens is 372 g/mol. The van der Waals surface area contributed by atoms with Crippen molar-refractivity contribution in [1.82, 2.24) is 20.2 Å². The van der Waals surface area contributed by atoms with Crippen LogP contribution in [-0.2, 0) is 0 Å². The van der Waals surface area contributed by atoms with Crippen LogP contribution in [0.2, 0.25) is 0 Å². The number of amides is 1. The maximum atomic E-state index is 13.0. The van der Waals surface area contributed by atoms with Gasteiger partial charge in [0.15, 0.2) is 0 Å². The number of para-hydroxylation sites is 1. The third-order valence-electron chi connectivity index (χ3n) is 6.11. The summed E-state index contributed by atoms with van der Waals surface area (Å²) in [5.41, 5.74) is 3.25. The fourth-order valence-corrected chi connectivity index (χ4v) is 4.36. The number of hydrogen-bond acceptors (Lipinski definition) is 4. The standard InChI is InChI=1S/C25H30N4O/c1-29(20-8-3-2-4-9-20)17-7-14-27-25(30)22-18-24(19-12-15-26-16-13-19)28-23-11-6-5-10-21(22)23/h5-6,10-13,15-16,18,20H,2-4,7-9,14,17H2,1H3,(H,27,30). The van der Waals surface area contributed by atoms with Crippen LogP contribution in [0.5, 0.6) is 0 Å². The molecule has 30 heavy (non-hydrogen) atoms. The smallest absolute Gasteiger partial charge is 0.252 e. The van der Waals surface area contributed by atoms with Gasteiger partial charge < -0.3 is 10.2 Å². The molecule has 2 heterocycles. The third-order valence-corrected chi connectivity index (χ3v) is 6.11. The normalized spacial score (nSPS) is 14.9. The summed E-state index contributed by atoms with van der Waals surface area (Å²) in [7, 11) is 2.22. The van der Waals surface area contributed by atoms with Gasteiger partial charge in [0.25, 0.3) is 5.91 Å². The van der Waals surface area contributed by atoms with Gasteiger partial charge in [-0.05, 0) is 57.1 Å². The van der Waals surface area contributed by atoms with Gasteiger partial charge in [0, 0.05) is 35.9 Å². The first-order valence-corrected chi connectivity index (χ1v) is 11.0. The molecule has 1 aliphatic rings. The maximum absolute atomic E-state index is 13.0. The number of carbonyl (C=O) groups is 1. The molecule has 1 amide bonds. The molecule has 156 valence electrons. The van der Waals surface area contributed by atoms with Gasteiger partial charge in [0.2, 0.25) is 0 Å². The first-order chi connectivity index (χ1) is 14.7. The highest BCUT2D eigenvalue weighted by Gasteiger charge is 2.18. The van der Waals surface area contributed by atoms with E-state index in [1.165, 1.54) is 32.1 Å². The van der Waals surface area contributed by atoms with Gasteiger partial charge in [0.05, 0.1) is 16.8 Å². The number of benzene rings is 1. The van der Waals surface area contributed by atoms with Gasteiger partial charge in [-0.15, -0.1) is 0 Å². The summed E-state index contributed by atoms with van der Waals surface area (Å²) in [6.45, 7) is 1.70. The van der Waals surface area contributed by atoms with Crippen LogP contribution in [-0.4, -0.2) is 47.0 Å². The first-order valence-electron chi connectivity index (χ1n) is 11.0. The van der Waals surface area contributed by atoms with Crippen molar-refractivity contribution in [2.45, 2.75) is 44.6 Å². The van der Waals surface area contributed by atoms with Gasteiger partial charge in [-0.3, -0.25) is 9.78 Å². The van der Waals surface area contributed by atoms with Crippen molar-refractivity contribution in [2.75, 3.05) is 20.1 Å². The second kappa shape index (κ2) is 9.81. The van der Waals surface area contributed by atoms with Gasteiger partial charge in [-0.25, -0.2) is 4.98 Å². The average molecular weight is 403 g/mol. The molecule has 0 unspecified atom stereocenters. The summed E-state index contributed by atoms with van der Waals surface area (Å²) < 4.78 is 0. The topological polar surface area (TPSA) is 58.1 Å². The third kappa shape index (κ3) is 4.85. The van der Waals surface area contributed by atoms with E-state index in [1.54, 1.807) is 12.4 Å². The summed E-state index contributed by atoms with van der Waals surface area (Å²) in [6.07, 6.45) is 11.1. The fourth-order valence-electron chi connectivity index (χ4n) is 4.36. The van der Waals surface area contributed by atoms with E-state index in [9.17, 15) is 4.79 Å². The van der Waals surface area contributed by atoms with Crippen LogP contribution in [0.25, 0.3) is 22.2 Å². The zero-order valence-corrected chi connectivity index (χ0v) is 17.7. The quantitative estimate of drug-likeness (QED) is 0.583.